The predicted octanol–water partition coefficient (Wildman–Crippen LogP) is 2.31. The molecule has 0 aliphatic carbocycles. The van der Waals surface area contributed by atoms with Crippen LogP contribution in [0.2, 0.25) is 0 Å². The van der Waals surface area contributed by atoms with E-state index in [4.69, 9.17) is 5.73 Å². The van der Waals surface area contributed by atoms with Gasteiger partial charge in [0.15, 0.2) is 0 Å². The summed E-state index contributed by atoms with van der Waals surface area (Å²) in [6, 6.07) is 1.69. The van der Waals surface area contributed by atoms with Gasteiger partial charge in [0.25, 0.3) is 0 Å². The van der Waals surface area contributed by atoms with Gasteiger partial charge < -0.3 is 10.6 Å². The first-order valence-electron chi connectivity index (χ1n) is 8.16. The van der Waals surface area contributed by atoms with Crippen molar-refractivity contribution in [3.63, 3.8) is 0 Å². The van der Waals surface area contributed by atoms with E-state index in [1.54, 1.807) is 0 Å². The molecule has 2 fully saturated rings. The van der Waals surface area contributed by atoms with Crippen molar-refractivity contribution in [2.75, 3.05) is 33.2 Å². The molecular formula is C16H33N3. The molecule has 0 aromatic rings. The number of rotatable bonds is 6. The predicted molar refractivity (Wildman–Crippen MR) is 82.3 cm³/mol. The summed E-state index contributed by atoms with van der Waals surface area (Å²) in [6.45, 7) is 9.43. The number of fused-ring (bicyclic) bond motifs is 2. The quantitative estimate of drug-likeness (QED) is 0.801. The maximum Gasteiger partial charge on any atom is 0.0223 e. The van der Waals surface area contributed by atoms with Crippen LogP contribution in [0.1, 0.15) is 52.4 Å². The van der Waals surface area contributed by atoms with Crippen LogP contribution in [0.25, 0.3) is 0 Å². The fraction of sp³-hybridized carbons (Fsp3) is 1.00. The Morgan fingerprint density at radius 1 is 1.11 bits per heavy atom. The Kier molecular flexibility index (Phi) is 5.27. The van der Waals surface area contributed by atoms with Crippen molar-refractivity contribution in [1.82, 2.24) is 9.80 Å². The molecule has 2 aliphatic rings. The molecule has 3 heteroatoms. The van der Waals surface area contributed by atoms with Gasteiger partial charge in [0.05, 0.1) is 0 Å². The van der Waals surface area contributed by atoms with Gasteiger partial charge in [-0.2, -0.15) is 0 Å². The zero-order valence-electron chi connectivity index (χ0n) is 13.2. The Bertz CT molecular complexity index is 277. The molecule has 2 heterocycles. The molecule has 112 valence electrons. The van der Waals surface area contributed by atoms with Gasteiger partial charge in [-0.25, -0.2) is 0 Å². The van der Waals surface area contributed by atoms with E-state index in [2.05, 4.69) is 30.7 Å². The van der Waals surface area contributed by atoms with Crippen molar-refractivity contribution >= 4 is 0 Å². The minimum absolute atomic E-state index is 0.427. The zero-order valence-corrected chi connectivity index (χ0v) is 13.2. The third kappa shape index (κ3) is 4.17. The van der Waals surface area contributed by atoms with E-state index < -0.39 is 0 Å². The summed E-state index contributed by atoms with van der Waals surface area (Å²) in [6.07, 6.45) is 8.01. The minimum Gasteiger partial charge on any atom is -0.330 e. The van der Waals surface area contributed by atoms with Crippen LogP contribution in [0, 0.1) is 5.41 Å². The molecule has 2 unspecified atom stereocenters. The average molecular weight is 267 g/mol. The first kappa shape index (κ1) is 15.3. The third-order valence-corrected chi connectivity index (χ3v) is 5.38. The molecule has 0 aromatic heterocycles. The van der Waals surface area contributed by atoms with Crippen molar-refractivity contribution < 1.29 is 0 Å². The molecule has 2 N–H and O–H groups in total. The number of likely N-dealkylation sites (N-methyl/N-ethyl adjacent to an activating group) is 1. The average Bonchev–Trinajstić information content (AvgIpc) is 2.56. The molecule has 2 atom stereocenters. The van der Waals surface area contributed by atoms with Gasteiger partial charge in [-0.3, -0.25) is 4.90 Å². The van der Waals surface area contributed by atoms with E-state index in [0.29, 0.717) is 5.41 Å². The maximum atomic E-state index is 5.69. The summed E-state index contributed by atoms with van der Waals surface area (Å²) < 4.78 is 0. The molecule has 2 bridgehead atoms. The van der Waals surface area contributed by atoms with Gasteiger partial charge in [0, 0.05) is 18.6 Å². The van der Waals surface area contributed by atoms with Crippen LogP contribution in [-0.2, 0) is 0 Å². The van der Waals surface area contributed by atoms with Crippen LogP contribution in [0.3, 0.4) is 0 Å². The van der Waals surface area contributed by atoms with E-state index in [1.807, 2.05) is 0 Å². The van der Waals surface area contributed by atoms with E-state index in [-0.39, 0.29) is 0 Å². The maximum absolute atomic E-state index is 5.69. The second kappa shape index (κ2) is 6.55. The number of hydrogen-bond donors (Lipinski definition) is 1. The number of likely N-dealkylation sites (tertiary alicyclic amines) is 1. The summed E-state index contributed by atoms with van der Waals surface area (Å²) >= 11 is 0. The van der Waals surface area contributed by atoms with Crippen molar-refractivity contribution in [2.24, 2.45) is 11.1 Å². The molecule has 19 heavy (non-hydrogen) atoms. The lowest BCUT2D eigenvalue weighted by Crippen LogP contribution is -2.37. The Labute approximate surface area is 119 Å². The summed E-state index contributed by atoms with van der Waals surface area (Å²) in [5.74, 6) is 0. The fourth-order valence-corrected chi connectivity index (χ4v) is 3.88. The highest BCUT2D eigenvalue weighted by molar-refractivity contribution is 4.91. The topological polar surface area (TPSA) is 32.5 Å². The minimum atomic E-state index is 0.427. The van der Waals surface area contributed by atoms with Gasteiger partial charge in [0.2, 0.25) is 0 Å². The molecule has 2 aliphatic heterocycles. The Morgan fingerprint density at radius 3 is 2.58 bits per heavy atom. The highest BCUT2D eigenvalue weighted by atomic mass is 15.3. The van der Waals surface area contributed by atoms with E-state index in [1.165, 1.54) is 51.7 Å². The Hall–Kier alpha value is -0.120. The summed E-state index contributed by atoms with van der Waals surface area (Å²) in [4.78, 5) is 5.34. The second-order valence-corrected chi connectivity index (χ2v) is 7.45. The largest absolute Gasteiger partial charge is 0.330 e. The molecule has 0 amide bonds. The highest BCUT2D eigenvalue weighted by Gasteiger charge is 2.34. The van der Waals surface area contributed by atoms with Gasteiger partial charge >= 0.3 is 0 Å². The van der Waals surface area contributed by atoms with Crippen LogP contribution in [0.5, 0.6) is 0 Å². The van der Waals surface area contributed by atoms with Crippen molar-refractivity contribution in [3.05, 3.63) is 0 Å². The van der Waals surface area contributed by atoms with Crippen molar-refractivity contribution in [1.29, 1.82) is 0 Å². The number of nitrogens with two attached hydrogens (primary N) is 1. The SMILES string of the molecule is CN1C2CCC1CN(CCCC(C)(C)CCN)CC2. The lowest BCUT2D eigenvalue weighted by atomic mass is 9.84. The van der Waals surface area contributed by atoms with Crippen LogP contribution in [0.15, 0.2) is 0 Å². The normalized spacial score (nSPS) is 29.7. The standard InChI is InChI=1S/C16H33N3/c1-16(2,9-10-17)8-4-11-19-12-7-14-5-6-15(13-19)18(14)3/h14-15H,4-13,17H2,1-3H3. The van der Waals surface area contributed by atoms with E-state index >= 15 is 0 Å². The molecule has 3 nitrogen and oxygen atoms in total. The molecular weight excluding hydrogens is 234 g/mol. The highest BCUT2D eigenvalue weighted by Crippen LogP contribution is 2.29. The lowest BCUT2D eigenvalue weighted by molar-refractivity contribution is 0.205. The number of hydrogen-bond acceptors (Lipinski definition) is 3. The van der Waals surface area contributed by atoms with E-state index in [9.17, 15) is 0 Å². The van der Waals surface area contributed by atoms with Gasteiger partial charge in [-0.05, 0) is 70.6 Å². The van der Waals surface area contributed by atoms with Crippen LogP contribution in [-0.4, -0.2) is 55.1 Å². The van der Waals surface area contributed by atoms with Gasteiger partial charge in [0.1, 0.15) is 0 Å². The monoisotopic (exact) mass is 267 g/mol. The molecule has 0 saturated carbocycles. The fourth-order valence-electron chi connectivity index (χ4n) is 3.88. The lowest BCUT2D eigenvalue weighted by Gasteiger charge is -2.28. The molecule has 0 aromatic carbocycles. The van der Waals surface area contributed by atoms with Gasteiger partial charge in [-0.1, -0.05) is 13.8 Å². The van der Waals surface area contributed by atoms with Crippen molar-refractivity contribution in [2.45, 2.75) is 64.5 Å². The summed E-state index contributed by atoms with van der Waals surface area (Å²) in [7, 11) is 2.33. The summed E-state index contributed by atoms with van der Waals surface area (Å²) in [5.41, 5.74) is 6.12. The Balaban J connectivity index is 1.72. The third-order valence-electron chi connectivity index (χ3n) is 5.38. The summed E-state index contributed by atoms with van der Waals surface area (Å²) in [5, 5.41) is 0. The Morgan fingerprint density at radius 2 is 1.84 bits per heavy atom. The van der Waals surface area contributed by atoms with Crippen molar-refractivity contribution in [3.8, 4) is 0 Å². The van der Waals surface area contributed by atoms with Gasteiger partial charge in [-0.15, -0.1) is 0 Å². The first-order valence-corrected chi connectivity index (χ1v) is 8.16. The van der Waals surface area contributed by atoms with E-state index in [0.717, 1.165) is 25.0 Å². The zero-order chi connectivity index (χ0) is 13.9. The van der Waals surface area contributed by atoms with Crippen LogP contribution < -0.4 is 5.73 Å². The molecule has 0 radical (unpaired) electrons. The molecule has 0 spiro atoms. The smallest absolute Gasteiger partial charge is 0.0223 e. The molecule has 2 rings (SSSR count). The van der Waals surface area contributed by atoms with Crippen LogP contribution in [0.4, 0.5) is 0 Å². The van der Waals surface area contributed by atoms with Crippen LogP contribution >= 0.6 is 0 Å². The first-order chi connectivity index (χ1) is 9.02. The second-order valence-electron chi connectivity index (χ2n) is 7.45. The molecule has 2 saturated heterocycles. The number of nitrogens with zero attached hydrogens (tertiary/aromatic N) is 2.